The first kappa shape index (κ1) is 20.0. The van der Waals surface area contributed by atoms with E-state index in [1.165, 1.54) is 12.1 Å². The Bertz CT molecular complexity index is 651. The van der Waals surface area contributed by atoms with Crippen LogP contribution in [0.5, 0.6) is 0 Å². The van der Waals surface area contributed by atoms with Crippen LogP contribution >= 0.6 is 0 Å². The summed E-state index contributed by atoms with van der Waals surface area (Å²) in [5, 5.41) is 6.68. The third-order valence-corrected chi connectivity index (χ3v) is 4.43. The average Bonchev–Trinajstić information content (AvgIpc) is 3.19. The van der Waals surface area contributed by atoms with E-state index in [4.69, 9.17) is 4.42 Å². The van der Waals surface area contributed by atoms with Gasteiger partial charge < -0.3 is 15.1 Å². The monoisotopic (exact) mass is 360 g/mol. The fourth-order valence-corrected chi connectivity index (χ4v) is 2.95. The molecule has 0 bridgehead atoms. The van der Waals surface area contributed by atoms with Crippen LogP contribution in [0.15, 0.2) is 52.1 Å². The maximum atomic E-state index is 13.0. The van der Waals surface area contributed by atoms with E-state index >= 15 is 0 Å². The predicted octanol–water partition coefficient (Wildman–Crippen LogP) is 3.21. The number of aliphatic imine (C=N–C) groups is 1. The van der Waals surface area contributed by atoms with Gasteiger partial charge in [-0.05, 0) is 49.3 Å². The van der Waals surface area contributed by atoms with Gasteiger partial charge in [0.05, 0.1) is 12.3 Å². The Balaban J connectivity index is 1.86. The fourth-order valence-electron chi connectivity index (χ4n) is 2.95. The smallest absolute Gasteiger partial charge is 0.191 e. The van der Waals surface area contributed by atoms with Crippen molar-refractivity contribution in [2.45, 2.75) is 26.3 Å². The van der Waals surface area contributed by atoms with Crippen molar-refractivity contribution >= 4 is 5.96 Å². The average molecular weight is 360 g/mol. The molecule has 2 aromatic rings. The summed E-state index contributed by atoms with van der Waals surface area (Å²) in [6.45, 7) is 7.61. The Hall–Kier alpha value is -2.34. The van der Waals surface area contributed by atoms with Gasteiger partial charge in [0.25, 0.3) is 0 Å². The van der Waals surface area contributed by atoms with E-state index in [2.05, 4.69) is 34.4 Å². The van der Waals surface area contributed by atoms with Crippen molar-refractivity contribution in [2.75, 3.05) is 33.2 Å². The summed E-state index contributed by atoms with van der Waals surface area (Å²) in [5.74, 6) is 1.48. The summed E-state index contributed by atoms with van der Waals surface area (Å²) >= 11 is 0. The molecule has 0 aliphatic heterocycles. The number of halogens is 1. The minimum Gasteiger partial charge on any atom is -0.468 e. The molecule has 0 spiro atoms. The molecule has 1 aromatic heterocycles. The molecule has 0 amide bonds. The molecule has 26 heavy (non-hydrogen) atoms. The number of nitrogens with one attached hydrogen (secondary N) is 2. The maximum Gasteiger partial charge on any atom is 0.191 e. The zero-order valence-electron chi connectivity index (χ0n) is 15.8. The number of hydrogen-bond acceptors (Lipinski definition) is 3. The molecule has 0 aliphatic carbocycles. The molecule has 2 N–H and O–H groups in total. The molecule has 0 aliphatic rings. The Morgan fingerprint density at radius 1 is 1.15 bits per heavy atom. The van der Waals surface area contributed by atoms with Gasteiger partial charge in [0.15, 0.2) is 5.96 Å². The number of furan rings is 1. The van der Waals surface area contributed by atoms with Crippen molar-refractivity contribution in [2.24, 2.45) is 4.99 Å². The first-order chi connectivity index (χ1) is 12.7. The van der Waals surface area contributed by atoms with Crippen molar-refractivity contribution in [1.82, 2.24) is 15.5 Å². The zero-order valence-corrected chi connectivity index (χ0v) is 15.8. The van der Waals surface area contributed by atoms with Crippen LogP contribution < -0.4 is 10.6 Å². The van der Waals surface area contributed by atoms with Crippen LogP contribution in [-0.2, 0) is 6.42 Å². The number of guanidine groups is 1. The lowest BCUT2D eigenvalue weighted by Gasteiger charge is -2.28. The molecule has 0 fully saturated rings. The highest BCUT2D eigenvalue weighted by Crippen LogP contribution is 2.20. The summed E-state index contributed by atoms with van der Waals surface area (Å²) in [7, 11) is 1.76. The lowest BCUT2D eigenvalue weighted by atomic mass is 10.1. The SMILES string of the molecule is CCN(CC)C(CNC(=NC)NCCc1ccc(F)cc1)c1ccco1. The van der Waals surface area contributed by atoms with E-state index in [-0.39, 0.29) is 11.9 Å². The minimum atomic E-state index is -0.209. The van der Waals surface area contributed by atoms with E-state index in [9.17, 15) is 4.39 Å². The van der Waals surface area contributed by atoms with Gasteiger partial charge in [-0.1, -0.05) is 26.0 Å². The molecule has 1 atom stereocenters. The summed E-state index contributed by atoms with van der Waals surface area (Å²) < 4.78 is 18.6. The molecule has 142 valence electrons. The third-order valence-electron chi connectivity index (χ3n) is 4.43. The largest absolute Gasteiger partial charge is 0.468 e. The Labute approximate surface area is 155 Å². The van der Waals surface area contributed by atoms with Crippen molar-refractivity contribution in [1.29, 1.82) is 0 Å². The van der Waals surface area contributed by atoms with Crippen LogP contribution in [0.3, 0.4) is 0 Å². The van der Waals surface area contributed by atoms with Crippen molar-refractivity contribution in [3.8, 4) is 0 Å². The highest BCUT2D eigenvalue weighted by atomic mass is 19.1. The van der Waals surface area contributed by atoms with Crippen LogP contribution in [0.2, 0.25) is 0 Å². The zero-order chi connectivity index (χ0) is 18.8. The normalized spacial score (nSPS) is 13.0. The fraction of sp³-hybridized carbons (Fsp3) is 0.450. The van der Waals surface area contributed by atoms with Crippen LogP contribution in [-0.4, -0.2) is 44.1 Å². The maximum absolute atomic E-state index is 13.0. The molecule has 1 heterocycles. The topological polar surface area (TPSA) is 52.8 Å². The molecule has 0 radical (unpaired) electrons. The summed E-state index contributed by atoms with van der Waals surface area (Å²) in [6, 6.07) is 10.7. The molecule has 2 rings (SSSR count). The third kappa shape index (κ3) is 5.88. The number of benzene rings is 1. The summed E-state index contributed by atoms with van der Waals surface area (Å²) in [5.41, 5.74) is 1.09. The highest BCUT2D eigenvalue weighted by Gasteiger charge is 2.20. The second kappa shape index (κ2) is 10.6. The van der Waals surface area contributed by atoms with E-state index in [0.29, 0.717) is 6.54 Å². The minimum absolute atomic E-state index is 0.149. The van der Waals surface area contributed by atoms with Crippen molar-refractivity contribution in [3.63, 3.8) is 0 Å². The summed E-state index contributed by atoms with van der Waals surface area (Å²) in [4.78, 5) is 6.63. The number of rotatable bonds is 9. The number of hydrogen-bond donors (Lipinski definition) is 2. The molecule has 0 saturated heterocycles. The lowest BCUT2D eigenvalue weighted by Crippen LogP contribution is -2.43. The van der Waals surface area contributed by atoms with Crippen molar-refractivity contribution < 1.29 is 8.81 Å². The van der Waals surface area contributed by atoms with Gasteiger partial charge in [0, 0.05) is 20.1 Å². The van der Waals surface area contributed by atoms with Gasteiger partial charge in [0.1, 0.15) is 11.6 Å². The van der Waals surface area contributed by atoms with E-state index in [1.807, 2.05) is 12.1 Å². The molecular weight excluding hydrogens is 331 g/mol. The molecule has 1 aromatic carbocycles. The van der Waals surface area contributed by atoms with E-state index in [1.54, 1.807) is 25.4 Å². The van der Waals surface area contributed by atoms with Gasteiger partial charge in [-0.2, -0.15) is 0 Å². The quantitative estimate of drug-likeness (QED) is 0.533. The first-order valence-electron chi connectivity index (χ1n) is 9.14. The predicted molar refractivity (Wildman–Crippen MR) is 104 cm³/mol. The van der Waals surface area contributed by atoms with Crippen LogP contribution in [0.25, 0.3) is 0 Å². The number of likely N-dealkylation sites (N-methyl/N-ethyl adjacent to an activating group) is 1. The Kier molecular flexibility index (Phi) is 8.15. The molecule has 1 unspecified atom stereocenters. The number of nitrogens with zero attached hydrogens (tertiary/aromatic N) is 2. The van der Waals surface area contributed by atoms with Gasteiger partial charge in [-0.25, -0.2) is 4.39 Å². The van der Waals surface area contributed by atoms with Crippen LogP contribution in [0.1, 0.15) is 31.2 Å². The second-order valence-electron chi connectivity index (χ2n) is 6.01. The van der Waals surface area contributed by atoms with Gasteiger partial charge in [0.2, 0.25) is 0 Å². The van der Waals surface area contributed by atoms with Crippen molar-refractivity contribution in [3.05, 3.63) is 59.8 Å². The molecule has 0 saturated carbocycles. The first-order valence-corrected chi connectivity index (χ1v) is 9.14. The van der Waals surface area contributed by atoms with Crippen LogP contribution in [0, 0.1) is 5.82 Å². The molecular formula is C20H29FN4O. The van der Waals surface area contributed by atoms with Gasteiger partial charge in [-0.15, -0.1) is 0 Å². The Morgan fingerprint density at radius 3 is 2.46 bits per heavy atom. The van der Waals surface area contributed by atoms with E-state index in [0.717, 1.165) is 43.3 Å². The Morgan fingerprint density at radius 2 is 1.88 bits per heavy atom. The molecule has 5 nitrogen and oxygen atoms in total. The van der Waals surface area contributed by atoms with E-state index < -0.39 is 0 Å². The lowest BCUT2D eigenvalue weighted by molar-refractivity contribution is 0.193. The molecule has 6 heteroatoms. The second-order valence-corrected chi connectivity index (χ2v) is 6.01. The summed E-state index contributed by atoms with van der Waals surface area (Å²) in [6.07, 6.45) is 2.51. The van der Waals surface area contributed by atoms with Gasteiger partial charge in [-0.3, -0.25) is 9.89 Å². The van der Waals surface area contributed by atoms with Gasteiger partial charge >= 0.3 is 0 Å². The standard InChI is InChI=1S/C20H29FN4O/c1-4-25(5-2)18(19-7-6-14-26-19)15-24-20(22-3)23-13-12-16-8-10-17(21)11-9-16/h6-11,14,18H,4-5,12-13,15H2,1-3H3,(H2,22,23,24). The van der Waals surface area contributed by atoms with Crippen LogP contribution in [0.4, 0.5) is 4.39 Å². The highest BCUT2D eigenvalue weighted by molar-refractivity contribution is 5.79.